The quantitative estimate of drug-likeness (QED) is 0.837. The summed E-state index contributed by atoms with van der Waals surface area (Å²) in [5, 5.41) is 0. The van der Waals surface area contributed by atoms with E-state index in [1.165, 1.54) is 6.07 Å². The monoisotopic (exact) mass is 320 g/mol. The minimum Gasteiger partial charge on any atom is -0.341 e. The van der Waals surface area contributed by atoms with Crippen LogP contribution in [0, 0.1) is 5.82 Å². The molecule has 0 aromatic heterocycles. The molecule has 1 aromatic rings. The number of halogens is 1. The second kappa shape index (κ2) is 8.65. The van der Waals surface area contributed by atoms with Gasteiger partial charge in [-0.25, -0.2) is 4.39 Å². The van der Waals surface area contributed by atoms with Gasteiger partial charge in [0.2, 0.25) is 11.8 Å². The van der Waals surface area contributed by atoms with E-state index in [4.69, 9.17) is 0 Å². The van der Waals surface area contributed by atoms with E-state index in [0.717, 1.165) is 19.3 Å². The van der Waals surface area contributed by atoms with Crippen molar-refractivity contribution < 1.29 is 14.0 Å². The molecule has 4 nitrogen and oxygen atoms in total. The summed E-state index contributed by atoms with van der Waals surface area (Å²) in [5.74, 6) is -0.236. The zero-order valence-electron chi connectivity index (χ0n) is 13.8. The number of carbonyl (C=O) groups is 2. The Morgan fingerprint density at radius 1 is 1.04 bits per heavy atom. The minimum absolute atomic E-state index is 0.0713. The fourth-order valence-electron chi connectivity index (χ4n) is 2.82. The highest BCUT2D eigenvalue weighted by Gasteiger charge is 2.22. The highest BCUT2D eigenvalue weighted by molar-refractivity contribution is 5.79. The third-order valence-electron chi connectivity index (χ3n) is 4.25. The molecule has 0 atom stereocenters. The van der Waals surface area contributed by atoms with Gasteiger partial charge in [0, 0.05) is 32.6 Å². The Morgan fingerprint density at radius 3 is 2.35 bits per heavy atom. The van der Waals surface area contributed by atoms with Crippen molar-refractivity contribution in [1.82, 2.24) is 9.80 Å². The van der Waals surface area contributed by atoms with Crippen LogP contribution in [0.1, 0.15) is 38.2 Å². The molecule has 0 aliphatic carbocycles. The summed E-state index contributed by atoms with van der Waals surface area (Å²) < 4.78 is 13.7. The van der Waals surface area contributed by atoms with Gasteiger partial charge in [-0.15, -0.1) is 0 Å². The van der Waals surface area contributed by atoms with Gasteiger partial charge in [0.15, 0.2) is 0 Å². The van der Waals surface area contributed by atoms with Crippen LogP contribution in [-0.2, 0) is 16.0 Å². The molecule has 23 heavy (non-hydrogen) atoms. The molecule has 1 aromatic carbocycles. The average Bonchev–Trinajstić information content (AvgIpc) is 2.81. The summed E-state index contributed by atoms with van der Waals surface area (Å²) in [5.41, 5.74) is 0.428. The molecule has 0 N–H and O–H groups in total. The number of rotatable bonds is 5. The molecule has 5 heteroatoms. The molecular formula is C18H25FN2O2. The highest BCUT2D eigenvalue weighted by atomic mass is 19.1. The zero-order chi connectivity index (χ0) is 16.7. The topological polar surface area (TPSA) is 40.6 Å². The largest absolute Gasteiger partial charge is 0.341 e. The normalized spacial score (nSPS) is 15.4. The van der Waals surface area contributed by atoms with Crippen molar-refractivity contribution >= 4 is 11.8 Å². The van der Waals surface area contributed by atoms with Gasteiger partial charge in [-0.3, -0.25) is 9.59 Å². The third-order valence-corrected chi connectivity index (χ3v) is 4.25. The van der Waals surface area contributed by atoms with Crippen LogP contribution in [0.4, 0.5) is 4.39 Å². The summed E-state index contributed by atoms with van der Waals surface area (Å²) in [4.78, 5) is 28.1. The maximum atomic E-state index is 13.7. The SMILES string of the molecule is CCCCC(=O)N1CCCN(C(=O)Cc2ccccc2F)CC1. The van der Waals surface area contributed by atoms with Crippen LogP contribution < -0.4 is 0 Å². The van der Waals surface area contributed by atoms with Gasteiger partial charge in [0.25, 0.3) is 0 Å². The summed E-state index contributed by atoms with van der Waals surface area (Å²) in [6.07, 6.45) is 3.36. The van der Waals surface area contributed by atoms with Crippen LogP contribution in [0.25, 0.3) is 0 Å². The molecule has 126 valence electrons. The Morgan fingerprint density at radius 2 is 1.70 bits per heavy atom. The maximum Gasteiger partial charge on any atom is 0.227 e. The van der Waals surface area contributed by atoms with Gasteiger partial charge in [0.05, 0.1) is 6.42 Å². The van der Waals surface area contributed by atoms with Crippen molar-refractivity contribution in [2.45, 2.75) is 39.0 Å². The van der Waals surface area contributed by atoms with E-state index >= 15 is 0 Å². The first-order valence-corrected chi connectivity index (χ1v) is 8.40. The molecule has 1 saturated heterocycles. The first-order valence-electron chi connectivity index (χ1n) is 8.40. The van der Waals surface area contributed by atoms with Gasteiger partial charge in [-0.2, -0.15) is 0 Å². The Hall–Kier alpha value is -1.91. The molecule has 1 heterocycles. The second-order valence-corrected chi connectivity index (χ2v) is 5.99. The fraction of sp³-hybridized carbons (Fsp3) is 0.556. The lowest BCUT2D eigenvalue weighted by Gasteiger charge is -2.22. The molecule has 1 aliphatic rings. The van der Waals surface area contributed by atoms with Crippen molar-refractivity contribution in [2.24, 2.45) is 0 Å². The van der Waals surface area contributed by atoms with E-state index in [1.807, 2.05) is 4.90 Å². The molecule has 0 bridgehead atoms. The smallest absolute Gasteiger partial charge is 0.227 e. The zero-order valence-corrected chi connectivity index (χ0v) is 13.8. The number of hydrogen-bond donors (Lipinski definition) is 0. The van der Waals surface area contributed by atoms with Crippen molar-refractivity contribution in [3.8, 4) is 0 Å². The predicted molar refractivity (Wildman–Crippen MR) is 87.4 cm³/mol. The molecule has 2 rings (SSSR count). The molecule has 0 unspecified atom stereocenters. The van der Waals surface area contributed by atoms with E-state index in [-0.39, 0.29) is 24.1 Å². The lowest BCUT2D eigenvalue weighted by Crippen LogP contribution is -2.38. The first kappa shape index (κ1) is 17.4. The summed E-state index contributed by atoms with van der Waals surface area (Å²) >= 11 is 0. The van der Waals surface area contributed by atoms with Crippen molar-refractivity contribution in [1.29, 1.82) is 0 Å². The Kier molecular flexibility index (Phi) is 6.56. The number of nitrogens with zero attached hydrogens (tertiary/aromatic N) is 2. The van der Waals surface area contributed by atoms with Crippen molar-refractivity contribution in [3.05, 3.63) is 35.6 Å². The van der Waals surface area contributed by atoms with Crippen LogP contribution in [0.3, 0.4) is 0 Å². The van der Waals surface area contributed by atoms with Crippen LogP contribution in [0.5, 0.6) is 0 Å². The molecule has 2 amide bonds. The van der Waals surface area contributed by atoms with Crippen LogP contribution >= 0.6 is 0 Å². The number of unbranched alkanes of at least 4 members (excludes halogenated alkanes) is 1. The Balaban J connectivity index is 1.88. The van der Waals surface area contributed by atoms with E-state index in [9.17, 15) is 14.0 Å². The molecular weight excluding hydrogens is 295 g/mol. The van der Waals surface area contributed by atoms with Gasteiger partial charge in [0.1, 0.15) is 5.82 Å². The third kappa shape index (κ3) is 5.05. The molecule has 0 saturated carbocycles. The number of carbonyl (C=O) groups excluding carboxylic acids is 2. The fourth-order valence-corrected chi connectivity index (χ4v) is 2.82. The molecule has 1 fully saturated rings. The number of hydrogen-bond acceptors (Lipinski definition) is 2. The van der Waals surface area contributed by atoms with E-state index in [2.05, 4.69) is 6.92 Å². The molecule has 0 spiro atoms. The minimum atomic E-state index is -0.341. The second-order valence-electron chi connectivity index (χ2n) is 5.99. The Labute approximate surface area is 137 Å². The molecule has 0 radical (unpaired) electrons. The van der Waals surface area contributed by atoms with Crippen LogP contribution in [0.2, 0.25) is 0 Å². The van der Waals surface area contributed by atoms with Gasteiger partial charge < -0.3 is 9.80 Å². The lowest BCUT2D eigenvalue weighted by molar-refractivity contribution is -0.133. The number of amides is 2. The van der Waals surface area contributed by atoms with Gasteiger partial charge in [-0.05, 0) is 24.5 Å². The van der Waals surface area contributed by atoms with Crippen molar-refractivity contribution in [2.75, 3.05) is 26.2 Å². The average molecular weight is 320 g/mol. The van der Waals surface area contributed by atoms with E-state index < -0.39 is 0 Å². The maximum absolute atomic E-state index is 13.7. The van der Waals surface area contributed by atoms with Gasteiger partial charge >= 0.3 is 0 Å². The summed E-state index contributed by atoms with van der Waals surface area (Å²) in [6.45, 7) is 4.51. The first-order chi connectivity index (χ1) is 11.1. The van der Waals surface area contributed by atoms with Crippen molar-refractivity contribution in [3.63, 3.8) is 0 Å². The van der Waals surface area contributed by atoms with Gasteiger partial charge in [-0.1, -0.05) is 31.5 Å². The standard InChI is InChI=1S/C18H25FN2O2/c1-2-3-9-17(22)20-10-6-11-21(13-12-20)18(23)14-15-7-4-5-8-16(15)19/h4-5,7-8H,2-3,6,9-14H2,1H3. The highest BCUT2D eigenvalue weighted by Crippen LogP contribution is 2.12. The summed E-state index contributed by atoms with van der Waals surface area (Å²) in [7, 11) is 0. The number of benzene rings is 1. The van der Waals surface area contributed by atoms with E-state index in [0.29, 0.717) is 38.2 Å². The predicted octanol–water partition coefficient (Wildman–Crippen LogP) is 2.62. The van der Waals surface area contributed by atoms with Crippen LogP contribution in [-0.4, -0.2) is 47.8 Å². The Bertz CT molecular complexity index is 548. The lowest BCUT2D eigenvalue weighted by atomic mass is 10.1. The summed E-state index contributed by atoms with van der Waals surface area (Å²) in [6, 6.07) is 6.38. The van der Waals surface area contributed by atoms with Crippen LogP contribution in [0.15, 0.2) is 24.3 Å². The van der Waals surface area contributed by atoms with E-state index in [1.54, 1.807) is 23.1 Å². The molecule has 1 aliphatic heterocycles.